The highest BCUT2D eigenvalue weighted by Crippen LogP contribution is 2.18. The van der Waals surface area contributed by atoms with Crippen LogP contribution in [0.1, 0.15) is 11.1 Å². The molecule has 0 spiro atoms. The van der Waals surface area contributed by atoms with Crippen LogP contribution in [0.3, 0.4) is 0 Å². The molecular formula is C15H15BrClFN2. The third-order valence-electron chi connectivity index (χ3n) is 3.11. The summed E-state index contributed by atoms with van der Waals surface area (Å²) < 4.78 is 14.8. The first-order valence-corrected chi connectivity index (χ1v) is 7.40. The van der Waals surface area contributed by atoms with Crippen LogP contribution in [0.5, 0.6) is 0 Å². The van der Waals surface area contributed by atoms with Gasteiger partial charge in [0.2, 0.25) is 0 Å². The Kier molecular flexibility index (Phi) is 5.54. The molecule has 106 valence electrons. The predicted molar refractivity (Wildman–Crippen MR) is 84.1 cm³/mol. The minimum atomic E-state index is -0.259. The van der Waals surface area contributed by atoms with Gasteiger partial charge in [-0.2, -0.15) is 0 Å². The highest BCUT2D eigenvalue weighted by atomic mass is 79.9. The van der Waals surface area contributed by atoms with E-state index in [9.17, 15) is 4.39 Å². The van der Waals surface area contributed by atoms with Gasteiger partial charge in [-0.15, -0.1) is 0 Å². The maximum atomic E-state index is 13.7. The van der Waals surface area contributed by atoms with E-state index < -0.39 is 0 Å². The number of nitrogens with two attached hydrogens (primary N) is 1. The Labute approximate surface area is 131 Å². The van der Waals surface area contributed by atoms with E-state index in [1.54, 1.807) is 12.1 Å². The van der Waals surface area contributed by atoms with Crippen molar-refractivity contribution in [2.75, 3.05) is 0 Å². The summed E-state index contributed by atoms with van der Waals surface area (Å²) in [6, 6.07) is 12.5. The maximum absolute atomic E-state index is 13.7. The molecule has 2 nitrogen and oxygen atoms in total. The lowest BCUT2D eigenvalue weighted by molar-refractivity contribution is 0.506. The van der Waals surface area contributed by atoms with Crippen molar-refractivity contribution < 1.29 is 4.39 Å². The minimum absolute atomic E-state index is 0.0517. The summed E-state index contributed by atoms with van der Waals surface area (Å²) in [4.78, 5) is 0. The molecule has 0 saturated carbocycles. The van der Waals surface area contributed by atoms with Crippen molar-refractivity contribution in [1.29, 1.82) is 0 Å². The summed E-state index contributed by atoms with van der Waals surface area (Å²) in [5.74, 6) is 5.31. The molecule has 0 aliphatic heterocycles. The van der Waals surface area contributed by atoms with Crippen molar-refractivity contribution in [2.45, 2.75) is 18.9 Å². The Morgan fingerprint density at radius 1 is 1.15 bits per heavy atom. The molecule has 1 atom stereocenters. The molecule has 20 heavy (non-hydrogen) atoms. The molecule has 2 aromatic rings. The van der Waals surface area contributed by atoms with E-state index in [0.717, 1.165) is 16.5 Å². The van der Waals surface area contributed by atoms with Crippen molar-refractivity contribution in [3.8, 4) is 0 Å². The Balaban J connectivity index is 2.08. The normalized spacial score (nSPS) is 12.4. The van der Waals surface area contributed by atoms with Gasteiger partial charge < -0.3 is 0 Å². The lowest BCUT2D eigenvalue weighted by Gasteiger charge is -2.16. The smallest absolute Gasteiger partial charge is 0.126 e. The van der Waals surface area contributed by atoms with E-state index in [0.29, 0.717) is 17.0 Å². The SMILES string of the molecule is NNC(Cc1ccc(Br)cc1)Cc1cc(Cl)ccc1F. The van der Waals surface area contributed by atoms with Gasteiger partial charge in [0.05, 0.1) is 0 Å². The molecule has 3 N–H and O–H groups in total. The van der Waals surface area contributed by atoms with Gasteiger partial charge in [0.15, 0.2) is 0 Å². The first kappa shape index (κ1) is 15.4. The van der Waals surface area contributed by atoms with Gasteiger partial charge in [-0.25, -0.2) is 4.39 Å². The van der Waals surface area contributed by atoms with E-state index in [1.165, 1.54) is 6.07 Å². The summed E-state index contributed by atoms with van der Waals surface area (Å²) in [6.07, 6.45) is 1.20. The molecule has 0 amide bonds. The second-order valence-electron chi connectivity index (χ2n) is 4.63. The van der Waals surface area contributed by atoms with Gasteiger partial charge in [-0.1, -0.05) is 39.7 Å². The summed E-state index contributed by atoms with van der Waals surface area (Å²) in [5, 5.41) is 0.529. The summed E-state index contributed by atoms with van der Waals surface area (Å²) in [6.45, 7) is 0. The zero-order valence-corrected chi connectivity index (χ0v) is 13.1. The molecule has 5 heteroatoms. The van der Waals surface area contributed by atoms with Crippen LogP contribution in [0.2, 0.25) is 5.02 Å². The third kappa shape index (κ3) is 4.28. The number of hydrogen-bond donors (Lipinski definition) is 2. The first-order chi connectivity index (χ1) is 9.58. The highest BCUT2D eigenvalue weighted by Gasteiger charge is 2.12. The Bertz CT molecular complexity index is 575. The van der Waals surface area contributed by atoms with Crippen molar-refractivity contribution in [2.24, 2.45) is 5.84 Å². The fraction of sp³-hybridized carbons (Fsp3) is 0.200. The van der Waals surface area contributed by atoms with E-state index >= 15 is 0 Å². The molecule has 1 unspecified atom stereocenters. The summed E-state index contributed by atoms with van der Waals surface area (Å²) >= 11 is 9.29. The van der Waals surface area contributed by atoms with Gasteiger partial charge in [-0.3, -0.25) is 11.3 Å². The standard InChI is InChI=1S/C15H15BrClFN2/c16-12-3-1-10(2-4-12)7-14(20-19)9-11-8-13(17)5-6-15(11)18/h1-6,8,14,20H,7,9,19H2. The number of rotatable bonds is 5. The Morgan fingerprint density at radius 2 is 1.85 bits per heavy atom. The zero-order chi connectivity index (χ0) is 14.5. The maximum Gasteiger partial charge on any atom is 0.126 e. The molecule has 0 bridgehead atoms. The molecule has 0 radical (unpaired) electrons. The van der Waals surface area contributed by atoms with Crippen molar-refractivity contribution in [3.63, 3.8) is 0 Å². The van der Waals surface area contributed by atoms with Gasteiger partial charge in [0.1, 0.15) is 5.82 Å². The highest BCUT2D eigenvalue weighted by molar-refractivity contribution is 9.10. The number of hydrogen-bond acceptors (Lipinski definition) is 2. The van der Waals surface area contributed by atoms with Crippen LogP contribution in [0.25, 0.3) is 0 Å². The van der Waals surface area contributed by atoms with Gasteiger partial charge in [0, 0.05) is 15.5 Å². The van der Waals surface area contributed by atoms with Crippen LogP contribution >= 0.6 is 27.5 Å². The first-order valence-electron chi connectivity index (χ1n) is 6.23. The van der Waals surface area contributed by atoms with Crippen LogP contribution in [0.4, 0.5) is 4.39 Å². The average Bonchev–Trinajstić information content (AvgIpc) is 2.44. The van der Waals surface area contributed by atoms with E-state index in [2.05, 4.69) is 21.4 Å². The summed E-state index contributed by atoms with van der Waals surface area (Å²) in [5.41, 5.74) is 4.44. The molecule has 0 heterocycles. The predicted octanol–water partition coefficient (Wildman–Crippen LogP) is 3.86. The second kappa shape index (κ2) is 7.18. The lowest BCUT2D eigenvalue weighted by atomic mass is 9.99. The van der Waals surface area contributed by atoms with E-state index in [4.69, 9.17) is 17.4 Å². The molecule has 0 aromatic heterocycles. The van der Waals surface area contributed by atoms with Crippen molar-refractivity contribution >= 4 is 27.5 Å². The third-order valence-corrected chi connectivity index (χ3v) is 3.87. The number of benzene rings is 2. The number of halogens is 3. The Morgan fingerprint density at radius 3 is 2.50 bits per heavy atom. The van der Waals surface area contributed by atoms with Crippen LogP contribution in [0, 0.1) is 5.82 Å². The molecule has 0 saturated heterocycles. The largest absolute Gasteiger partial charge is 0.271 e. The second-order valence-corrected chi connectivity index (χ2v) is 5.99. The lowest BCUT2D eigenvalue weighted by Crippen LogP contribution is -2.38. The van der Waals surface area contributed by atoms with Gasteiger partial charge in [0.25, 0.3) is 0 Å². The van der Waals surface area contributed by atoms with E-state index in [-0.39, 0.29) is 11.9 Å². The molecule has 0 fully saturated rings. The van der Waals surface area contributed by atoms with Crippen LogP contribution in [-0.4, -0.2) is 6.04 Å². The molecule has 0 aliphatic rings. The zero-order valence-electron chi connectivity index (χ0n) is 10.7. The molecular weight excluding hydrogens is 343 g/mol. The van der Waals surface area contributed by atoms with Crippen LogP contribution in [-0.2, 0) is 12.8 Å². The monoisotopic (exact) mass is 356 g/mol. The number of nitrogens with one attached hydrogen (secondary N) is 1. The Hall–Kier alpha value is -0.940. The molecule has 2 aromatic carbocycles. The quantitative estimate of drug-likeness (QED) is 0.630. The van der Waals surface area contributed by atoms with Crippen LogP contribution < -0.4 is 11.3 Å². The average molecular weight is 358 g/mol. The van der Waals surface area contributed by atoms with Crippen LogP contribution in [0.15, 0.2) is 46.9 Å². The topological polar surface area (TPSA) is 38.0 Å². The van der Waals surface area contributed by atoms with Crippen molar-refractivity contribution in [1.82, 2.24) is 5.43 Å². The van der Waals surface area contributed by atoms with Gasteiger partial charge >= 0.3 is 0 Å². The fourth-order valence-electron chi connectivity index (χ4n) is 2.06. The fourth-order valence-corrected chi connectivity index (χ4v) is 2.52. The summed E-state index contributed by atoms with van der Waals surface area (Å²) in [7, 11) is 0. The van der Waals surface area contributed by atoms with Gasteiger partial charge in [-0.05, 0) is 54.3 Å². The molecule has 0 aliphatic carbocycles. The van der Waals surface area contributed by atoms with E-state index in [1.807, 2.05) is 24.3 Å². The molecule has 2 rings (SSSR count). The minimum Gasteiger partial charge on any atom is -0.271 e. The number of hydrazine groups is 1. The van der Waals surface area contributed by atoms with Crippen molar-refractivity contribution in [3.05, 3.63) is 68.9 Å².